The molecule has 0 aliphatic heterocycles. The summed E-state index contributed by atoms with van der Waals surface area (Å²) in [6.45, 7) is 7.95. The Balaban J connectivity index is 2.23. The zero-order valence-corrected chi connectivity index (χ0v) is 13.2. The van der Waals surface area contributed by atoms with Gasteiger partial charge in [0, 0.05) is 0 Å². The molecule has 0 radical (unpaired) electrons. The van der Waals surface area contributed by atoms with Crippen molar-refractivity contribution in [2.75, 3.05) is 13.2 Å². The number of hydrogen-bond donors (Lipinski definition) is 1. The second-order valence-electron chi connectivity index (χ2n) is 5.26. The van der Waals surface area contributed by atoms with Crippen molar-refractivity contribution in [3.8, 4) is 5.75 Å². The summed E-state index contributed by atoms with van der Waals surface area (Å²) in [5, 5.41) is 3.55. The van der Waals surface area contributed by atoms with Crippen LogP contribution in [0.5, 0.6) is 5.75 Å². The number of furan rings is 1. The molecule has 1 atom stereocenters. The summed E-state index contributed by atoms with van der Waals surface area (Å²) in [7, 11) is 0. The molecule has 1 N–H and O–H groups in total. The topological polar surface area (TPSA) is 34.4 Å². The number of ether oxygens (including phenoxy) is 1. The lowest BCUT2D eigenvalue weighted by molar-refractivity contribution is 0.316. The fourth-order valence-corrected chi connectivity index (χ4v) is 2.28. The van der Waals surface area contributed by atoms with Crippen molar-refractivity contribution in [3.05, 3.63) is 53.5 Å². The van der Waals surface area contributed by atoms with Gasteiger partial charge in [-0.15, -0.1) is 0 Å². The van der Waals surface area contributed by atoms with Gasteiger partial charge in [-0.3, -0.25) is 0 Å². The van der Waals surface area contributed by atoms with E-state index in [1.165, 1.54) is 5.56 Å². The Morgan fingerprint density at radius 3 is 2.67 bits per heavy atom. The summed E-state index contributed by atoms with van der Waals surface area (Å²) in [5.41, 5.74) is 1.17. The third kappa shape index (κ3) is 4.36. The van der Waals surface area contributed by atoms with Crippen LogP contribution in [0.2, 0.25) is 0 Å². The van der Waals surface area contributed by atoms with E-state index in [4.69, 9.17) is 9.15 Å². The molecule has 0 bridgehead atoms. The first-order valence-electron chi connectivity index (χ1n) is 7.77. The van der Waals surface area contributed by atoms with E-state index in [1.807, 2.05) is 31.2 Å². The molecule has 0 aliphatic rings. The van der Waals surface area contributed by atoms with Gasteiger partial charge in [-0.1, -0.05) is 26.0 Å². The summed E-state index contributed by atoms with van der Waals surface area (Å²) in [6.07, 6.45) is 2.10. The van der Waals surface area contributed by atoms with Gasteiger partial charge in [0.2, 0.25) is 0 Å². The van der Waals surface area contributed by atoms with Gasteiger partial charge < -0.3 is 14.5 Å². The summed E-state index contributed by atoms with van der Waals surface area (Å²) in [4.78, 5) is 0. The summed E-state index contributed by atoms with van der Waals surface area (Å²) in [6, 6.07) is 12.4. The predicted octanol–water partition coefficient (Wildman–Crippen LogP) is 4.47. The predicted molar refractivity (Wildman–Crippen MR) is 85.8 cm³/mol. The van der Waals surface area contributed by atoms with Crippen molar-refractivity contribution < 1.29 is 9.15 Å². The van der Waals surface area contributed by atoms with E-state index >= 15 is 0 Å². The highest BCUT2D eigenvalue weighted by atomic mass is 16.5. The molecule has 3 heteroatoms. The molecule has 21 heavy (non-hydrogen) atoms. The third-order valence-corrected chi connectivity index (χ3v) is 3.31. The molecule has 2 aromatic rings. The van der Waals surface area contributed by atoms with Crippen LogP contribution < -0.4 is 10.1 Å². The maximum Gasteiger partial charge on any atom is 0.125 e. The van der Waals surface area contributed by atoms with E-state index in [2.05, 4.69) is 31.3 Å². The van der Waals surface area contributed by atoms with Crippen LogP contribution in [-0.4, -0.2) is 13.2 Å². The van der Waals surface area contributed by atoms with Crippen LogP contribution in [0.15, 0.2) is 40.8 Å². The van der Waals surface area contributed by atoms with Gasteiger partial charge in [-0.05, 0) is 56.1 Å². The number of benzene rings is 1. The maximum atomic E-state index is 5.81. The first kappa shape index (κ1) is 15.6. The molecule has 114 valence electrons. The lowest BCUT2D eigenvalue weighted by Crippen LogP contribution is -2.22. The quantitative estimate of drug-likeness (QED) is 0.778. The zero-order valence-electron chi connectivity index (χ0n) is 13.2. The minimum absolute atomic E-state index is 0.0730. The molecule has 0 spiro atoms. The zero-order chi connectivity index (χ0) is 15.1. The minimum atomic E-state index is 0.0730. The molecule has 1 aromatic heterocycles. The van der Waals surface area contributed by atoms with Gasteiger partial charge in [0.15, 0.2) is 0 Å². The Labute approximate surface area is 127 Å². The standard InChI is InChI=1S/C18H25NO2/c1-4-11-19-18(17-10-9-14(3)21-17)15-7-6-8-16(13-15)20-12-5-2/h6-10,13,18-19H,4-5,11-12H2,1-3H3. The van der Waals surface area contributed by atoms with E-state index in [9.17, 15) is 0 Å². The fraction of sp³-hybridized carbons (Fsp3) is 0.444. The van der Waals surface area contributed by atoms with Crippen LogP contribution >= 0.6 is 0 Å². The van der Waals surface area contributed by atoms with Crippen LogP contribution in [0.1, 0.15) is 49.8 Å². The lowest BCUT2D eigenvalue weighted by Gasteiger charge is -2.18. The van der Waals surface area contributed by atoms with Crippen LogP contribution in [0.3, 0.4) is 0 Å². The number of nitrogens with one attached hydrogen (secondary N) is 1. The molecule has 0 saturated heterocycles. The molecule has 1 aromatic carbocycles. The Morgan fingerprint density at radius 2 is 2.00 bits per heavy atom. The molecule has 3 nitrogen and oxygen atoms in total. The molecule has 0 fully saturated rings. The normalized spacial score (nSPS) is 12.3. The van der Waals surface area contributed by atoms with Gasteiger partial charge in [-0.25, -0.2) is 0 Å². The first-order valence-corrected chi connectivity index (χ1v) is 7.77. The summed E-state index contributed by atoms with van der Waals surface area (Å²) < 4.78 is 11.5. The lowest BCUT2D eigenvalue weighted by atomic mass is 10.0. The van der Waals surface area contributed by atoms with Crippen LogP contribution in [-0.2, 0) is 0 Å². The second kappa shape index (κ2) is 7.89. The molecule has 0 amide bonds. The van der Waals surface area contributed by atoms with Gasteiger partial charge in [0.25, 0.3) is 0 Å². The molecule has 2 rings (SSSR count). The van der Waals surface area contributed by atoms with E-state index in [1.54, 1.807) is 0 Å². The van der Waals surface area contributed by atoms with Crippen LogP contribution in [0.25, 0.3) is 0 Å². The molecule has 1 unspecified atom stereocenters. The molecular weight excluding hydrogens is 262 g/mol. The van der Waals surface area contributed by atoms with E-state index in [-0.39, 0.29) is 6.04 Å². The second-order valence-corrected chi connectivity index (χ2v) is 5.26. The van der Waals surface area contributed by atoms with Crippen molar-refractivity contribution in [3.63, 3.8) is 0 Å². The molecule has 1 heterocycles. The van der Waals surface area contributed by atoms with Crippen molar-refractivity contribution in [1.82, 2.24) is 5.32 Å². The monoisotopic (exact) mass is 287 g/mol. The highest BCUT2D eigenvalue weighted by Gasteiger charge is 2.17. The van der Waals surface area contributed by atoms with Gasteiger partial charge in [0.05, 0.1) is 12.6 Å². The Bertz CT molecular complexity index is 548. The Kier molecular flexibility index (Phi) is 5.88. The van der Waals surface area contributed by atoms with Crippen LogP contribution in [0, 0.1) is 6.92 Å². The number of rotatable bonds is 8. The average molecular weight is 287 g/mol. The maximum absolute atomic E-state index is 5.81. The van der Waals surface area contributed by atoms with Crippen molar-refractivity contribution in [1.29, 1.82) is 0 Å². The highest BCUT2D eigenvalue weighted by Crippen LogP contribution is 2.26. The first-order chi connectivity index (χ1) is 10.2. The van der Waals surface area contributed by atoms with Gasteiger partial charge in [0.1, 0.15) is 17.3 Å². The average Bonchev–Trinajstić information content (AvgIpc) is 2.92. The third-order valence-electron chi connectivity index (χ3n) is 3.31. The highest BCUT2D eigenvalue weighted by molar-refractivity contribution is 5.34. The Hall–Kier alpha value is -1.74. The summed E-state index contributed by atoms with van der Waals surface area (Å²) >= 11 is 0. The minimum Gasteiger partial charge on any atom is -0.494 e. The smallest absolute Gasteiger partial charge is 0.125 e. The van der Waals surface area contributed by atoms with Crippen molar-refractivity contribution in [2.24, 2.45) is 0 Å². The fourth-order valence-electron chi connectivity index (χ4n) is 2.28. The van der Waals surface area contributed by atoms with E-state index < -0.39 is 0 Å². The van der Waals surface area contributed by atoms with Crippen molar-refractivity contribution in [2.45, 2.75) is 39.7 Å². The number of aryl methyl sites for hydroxylation is 1. The van der Waals surface area contributed by atoms with Crippen molar-refractivity contribution >= 4 is 0 Å². The summed E-state index contributed by atoms with van der Waals surface area (Å²) in [5.74, 6) is 2.81. The Morgan fingerprint density at radius 1 is 1.14 bits per heavy atom. The largest absolute Gasteiger partial charge is 0.494 e. The molecular formula is C18H25NO2. The van der Waals surface area contributed by atoms with E-state index in [0.717, 1.165) is 43.3 Å². The van der Waals surface area contributed by atoms with Crippen LogP contribution in [0.4, 0.5) is 0 Å². The molecule has 0 aliphatic carbocycles. The molecule has 0 saturated carbocycles. The van der Waals surface area contributed by atoms with E-state index in [0.29, 0.717) is 0 Å². The van der Waals surface area contributed by atoms with Gasteiger partial charge in [-0.2, -0.15) is 0 Å². The SMILES string of the molecule is CCCNC(c1cccc(OCCC)c1)c1ccc(C)o1. The van der Waals surface area contributed by atoms with Gasteiger partial charge >= 0.3 is 0 Å². The number of hydrogen-bond acceptors (Lipinski definition) is 3.